The fourth-order valence-corrected chi connectivity index (χ4v) is 3.09. The van der Waals surface area contributed by atoms with E-state index < -0.39 is 6.03 Å². The first-order valence-electron chi connectivity index (χ1n) is 7.94. The molecule has 0 aliphatic carbocycles. The number of aromatic nitrogens is 1. The molecule has 1 aromatic heterocycles. The Hall–Kier alpha value is -1.67. The molecule has 0 radical (unpaired) electrons. The number of urea groups is 1. The number of thiazole rings is 1. The van der Waals surface area contributed by atoms with Crippen molar-refractivity contribution in [1.29, 1.82) is 0 Å². The van der Waals surface area contributed by atoms with Crippen LogP contribution in [0.5, 0.6) is 0 Å². The minimum atomic E-state index is -0.419. The van der Waals surface area contributed by atoms with Crippen LogP contribution in [0.15, 0.2) is 11.6 Å². The molecular weight excluding hydrogens is 314 g/mol. The van der Waals surface area contributed by atoms with Gasteiger partial charge in [-0.15, -0.1) is 11.3 Å². The number of nitrogens with one attached hydrogen (secondary N) is 2. The third kappa shape index (κ3) is 5.18. The second kappa shape index (κ2) is 8.26. The van der Waals surface area contributed by atoms with Crippen LogP contribution in [-0.2, 0) is 4.79 Å². The van der Waals surface area contributed by atoms with Crippen LogP contribution in [0.25, 0.3) is 0 Å². The summed E-state index contributed by atoms with van der Waals surface area (Å²) in [7, 11) is 0. The van der Waals surface area contributed by atoms with E-state index >= 15 is 0 Å². The van der Waals surface area contributed by atoms with Gasteiger partial charge >= 0.3 is 6.03 Å². The van der Waals surface area contributed by atoms with Gasteiger partial charge in [0.15, 0.2) is 5.13 Å². The van der Waals surface area contributed by atoms with E-state index in [0.29, 0.717) is 12.5 Å². The van der Waals surface area contributed by atoms with Gasteiger partial charge < -0.3 is 10.2 Å². The summed E-state index contributed by atoms with van der Waals surface area (Å²) in [5.74, 6) is 0.0983. The first kappa shape index (κ1) is 17.7. The van der Waals surface area contributed by atoms with Crippen molar-refractivity contribution in [3.05, 3.63) is 11.6 Å². The van der Waals surface area contributed by atoms with Crippen molar-refractivity contribution in [1.82, 2.24) is 20.5 Å². The SMILES string of the molecule is CC(C)CNC(=O)NC(=O)C(C)N1CCN(c2nccs2)CC1. The lowest BCUT2D eigenvalue weighted by Crippen LogP contribution is -2.55. The average molecular weight is 339 g/mol. The standard InChI is InChI=1S/C15H25N5O2S/c1-11(2)10-17-14(22)18-13(21)12(3)19-5-7-20(8-6-19)15-16-4-9-23-15/h4,9,11-12H,5-8,10H2,1-3H3,(H2,17,18,21,22). The highest BCUT2D eigenvalue weighted by Gasteiger charge is 2.27. The maximum absolute atomic E-state index is 12.2. The van der Waals surface area contributed by atoms with Crippen LogP contribution >= 0.6 is 11.3 Å². The highest BCUT2D eigenvalue weighted by atomic mass is 32.1. The number of amides is 3. The Morgan fingerprint density at radius 2 is 1.96 bits per heavy atom. The molecule has 0 aromatic carbocycles. The minimum absolute atomic E-state index is 0.256. The number of hydrogen-bond acceptors (Lipinski definition) is 6. The van der Waals surface area contributed by atoms with Crippen molar-refractivity contribution in [3.63, 3.8) is 0 Å². The van der Waals surface area contributed by atoms with Crippen molar-refractivity contribution in [2.24, 2.45) is 5.92 Å². The summed E-state index contributed by atoms with van der Waals surface area (Å²) in [6.45, 7) is 9.64. The quantitative estimate of drug-likeness (QED) is 0.841. The number of carbonyl (C=O) groups is 2. The van der Waals surface area contributed by atoms with E-state index in [1.807, 2.05) is 26.2 Å². The summed E-state index contributed by atoms with van der Waals surface area (Å²) >= 11 is 1.63. The largest absolute Gasteiger partial charge is 0.346 e. The van der Waals surface area contributed by atoms with Crippen LogP contribution in [0.3, 0.4) is 0 Å². The maximum Gasteiger partial charge on any atom is 0.321 e. The normalized spacial score (nSPS) is 17.1. The minimum Gasteiger partial charge on any atom is -0.346 e. The van der Waals surface area contributed by atoms with Gasteiger partial charge in [-0.05, 0) is 12.8 Å². The molecule has 1 aliphatic rings. The highest BCUT2D eigenvalue weighted by Crippen LogP contribution is 2.19. The molecule has 1 atom stereocenters. The van der Waals surface area contributed by atoms with Crippen molar-refractivity contribution >= 4 is 28.4 Å². The van der Waals surface area contributed by atoms with Crippen LogP contribution in [0.2, 0.25) is 0 Å². The topological polar surface area (TPSA) is 77.6 Å². The van der Waals surface area contributed by atoms with E-state index in [1.165, 1.54) is 0 Å². The monoisotopic (exact) mass is 339 g/mol. The van der Waals surface area contributed by atoms with E-state index in [4.69, 9.17) is 0 Å². The summed E-state index contributed by atoms with van der Waals surface area (Å²) in [6, 6.07) is -0.741. The van der Waals surface area contributed by atoms with E-state index in [2.05, 4.69) is 25.4 Å². The zero-order valence-electron chi connectivity index (χ0n) is 13.9. The molecule has 8 heteroatoms. The summed E-state index contributed by atoms with van der Waals surface area (Å²) in [6.07, 6.45) is 1.80. The first-order chi connectivity index (χ1) is 11.0. The molecule has 0 spiro atoms. The predicted octanol–water partition coefficient (Wildman–Crippen LogP) is 1.14. The van der Waals surface area contributed by atoms with Gasteiger partial charge in [0.1, 0.15) is 0 Å². The van der Waals surface area contributed by atoms with Crippen LogP contribution in [0.4, 0.5) is 9.93 Å². The maximum atomic E-state index is 12.2. The second-order valence-corrected chi connectivity index (χ2v) is 6.98. The third-order valence-electron chi connectivity index (χ3n) is 3.84. The molecule has 2 heterocycles. The molecule has 2 N–H and O–H groups in total. The number of nitrogens with zero attached hydrogens (tertiary/aromatic N) is 3. The van der Waals surface area contributed by atoms with E-state index in [-0.39, 0.29) is 11.9 Å². The average Bonchev–Trinajstić information content (AvgIpc) is 3.06. The number of piperazine rings is 1. The summed E-state index contributed by atoms with van der Waals surface area (Å²) in [5.41, 5.74) is 0. The Morgan fingerprint density at radius 1 is 1.26 bits per heavy atom. The molecule has 0 saturated carbocycles. The predicted molar refractivity (Wildman–Crippen MR) is 91.7 cm³/mol. The Balaban J connectivity index is 1.76. The Labute approximate surface area is 141 Å². The third-order valence-corrected chi connectivity index (χ3v) is 4.67. The van der Waals surface area contributed by atoms with Crippen LogP contribution in [-0.4, -0.2) is 60.6 Å². The van der Waals surface area contributed by atoms with Gasteiger partial charge in [-0.2, -0.15) is 0 Å². The fourth-order valence-electron chi connectivity index (χ4n) is 2.40. The first-order valence-corrected chi connectivity index (χ1v) is 8.82. The Morgan fingerprint density at radius 3 is 2.52 bits per heavy atom. The van der Waals surface area contributed by atoms with Gasteiger partial charge in [-0.25, -0.2) is 9.78 Å². The summed E-state index contributed by atoms with van der Waals surface area (Å²) < 4.78 is 0. The van der Waals surface area contributed by atoms with E-state index in [9.17, 15) is 9.59 Å². The zero-order valence-corrected chi connectivity index (χ0v) is 14.7. The molecule has 23 heavy (non-hydrogen) atoms. The zero-order chi connectivity index (χ0) is 16.8. The molecule has 1 aromatic rings. The molecule has 128 valence electrons. The lowest BCUT2D eigenvalue weighted by Gasteiger charge is -2.37. The number of imide groups is 1. The summed E-state index contributed by atoms with van der Waals surface area (Å²) in [4.78, 5) is 32.5. The van der Waals surface area contributed by atoms with E-state index in [1.54, 1.807) is 17.5 Å². The van der Waals surface area contributed by atoms with Gasteiger partial charge in [0.2, 0.25) is 5.91 Å². The molecule has 0 bridgehead atoms. The van der Waals surface area contributed by atoms with Gasteiger partial charge in [0.05, 0.1) is 6.04 Å². The molecule has 1 saturated heterocycles. The molecule has 1 fully saturated rings. The van der Waals surface area contributed by atoms with Crippen LogP contribution in [0.1, 0.15) is 20.8 Å². The van der Waals surface area contributed by atoms with Gasteiger partial charge in [0.25, 0.3) is 0 Å². The second-order valence-electron chi connectivity index (χ2n) is 6.11. The van der Waals surface area contributed by atoms with Crippen molar-refractivity contribution in [3.8, 4) is 0 Å². The highest BCUT2D eigenvalue weighted by molar-refractivity contribution is 7.13. The summed E-state index contributed by atoms with van der Waals surface area (Å²) in [5, 5.41) is 8.10. The van der Waals surface area contributed by atoms with Crippen molar-refractivity contribution in [2.45, 2.75) is 26.8 Å². The van der Waals surface area contributed by atoms with Crippen LogP contribution in [0, 0.1) is 5.92 Å². The number of hydrogen-bond donors (Lipinski definition) is 2. The lowest BCUT2D eigenvalue weighted by atomic mass is 10.2. The Kier molecular flexibility index (Phi) is 6.35. The molecule has 7 nitrogen and oxygen atoms in total. The van der Waals surface area contributed by atoms with Gasteiger partial charge in [-0.1, -0.05) is 13.8 Å². The van der Waals surface area contributed by atoms with E-state index in [0.717, 1.165) is 31.3 Å². The van der Waals surface area contributed by atoms with Gasteiger partial charge in [0, 0.05) is 44.3 Å². The van der Waals surface area contributed by atoms with Crippen LogP contribution < -0.4 is 15.5 Å². The molecule has 2 rings (SSSR count). The van der Waals surface area contributed by atoms with Gasteiger partial charge in [-0.3, -0.25) is 15.0 Å². The molecule has 1 aliphatic heterocycles. The fraction of sp³-hybridized carbons (Fsp3) is 0.667. The number of rotatable bonds is 5. The molecule has 3 amide bonds. The smallest absolute Gasteiger partial charge is 0.321 e. The number of carbonyl (C=O) groups excluding carboxylic acids is 2. The molecular formula is C15H25N5O2S. The number of anilines is 1. The lowest BCUT2D eigenvalue weighted by molar-refractivity contribution is -0.124. The van der Waals surface area contributed by atoms with Crippen molar-refractivity contribution in [2.75, 3.05) is 37.6 Å². The Bertz CT molecular complexity index is 512. The van der Waals surface area contributed by atoms with Crippen molar-refractivity contribution < 1.29 is 9.59 Å². The molecule has 1 unspecified atom stereocenters.